The van der Waals surface area contributed by atoms with Crippen molar-refractivity contribution < 1.29 is 13.9 Å². The molecular weight excluding hydrogens is 528 g/mol. The molecule has 2 aromatic heterocycles. The first-order valence-corrected chi connectivity index (χ1v) is 17.5. The summed E-state index contributed by atoms with van der Waals surface area (Å²) < 4.78 is 20.6. The zero-order chi connectivity index (χ0) is 28.4. The monoisotopic (exact) mass is 572 g/mol. The predicted molar refractivity (Wildman–Crippen MR) is 163 cm³/mol. The number of fused-ring (bicyclic) bond motifs is 1. The van der Waals surface area contributed by atoms with Crippen molar-refractivity contribution in [2.45, 2.75) is 84.5 Å². The van der Waals surface area contributed by atoms with Crippen molar-refractivity contribution in [1.29, 1.82) is 0 Å². The second-order valence-electron chi connectivity index (χ2n) is 12.4. The average molecular weight is 573 g/mol. The van der Waals surface area contributed by atoms with Crippen LogP contribution in [0, 0.1) is 0 Å². The summed E-state index contributed by atoms with van der Waals surface area (Å²) in [6.45, 7) is 21.4. The average Bonchev–Trinajstić information content (AvgIpc) is 3.31. The maximum Gasteiger partial charge on any atom is 0.192 e. The molecule has 1 unspecified atom stereocenters. The highest BCUT2D eigenvalue weighted by Gasteiger charge is 2.39. The van der Waals surface area contributed by atoms with Crippen LogP contribution in [0.1, 0.15) is 65.9 Å². The van der Waals surface area contributed by atoms with Crippen molar-refractivity contribution in [3.05, 3.63) is 41.0 Å². The van der Waals surface area contributed by atoms with Gasteiger partial charge < -0.3 is 18.8 Å². The van der Waals surface area contributed by atoms with Crippen LogP contribution in [0.5, 0.6) is 5.75 Å². The zero-order valence-electron chi connectivity index (χ0n) is 24.9. The van der Waals surface area contributed by atoms with Gasteiger partial charge in [0.1, 0.15) is 18.2 Å². The number of ether oxygens (including phenoxy) is 2. The van der Waals surface area contributed by atoms with Crippen LogP contribution in [0.25, 0.3) is 16.9 Å². The molecule has 0 radical (unpaired) electrons. The minimum atomic E-state index is -1.91. The fourth-order valence-corrected chi connectivity index (χ4v) is 6.21. The van der Waals surface area contributed by atoms with E-state index >= 15 is 0 Å². The Morgan fingerprint density at radius 2 is 1.82 bits per heavy atom. The first-order valence-electron chi connectivity index (χ1n) is 14.2. The summed E-state index contributed by atoms with van der Waals surface area (Å²) in [4.78, 5) is 7.39. The van der Waals surface area contributed by atoms with Crippen LogP contribution < -0.4 is 9.64 Å². The number of aromatic nitrogens is 3. The van der Waals surface area contributed by atoms with Crippen LogP contribution in [0.15, 0.2) is 30.5 Å². The van der Waals surface area contributed by atoms with Gasteiger partial charge in [0.15, 0.2) is 14.0 Å². The van der Waals surface area contributed by atoms with Crippen LogP contribution in [0.4, 0.5) is 5.82 Å². The first-order chi connectivity index (χ1) is 18.4. The molecule has 1 fully saturated rings. The standard InChI is InChI=1S/C30H45ClN4O3Si/c1-9-10-24(38-39(7,8)30(4,5)6)20-37-25-16-22(15-23(31)17-25)27-18-28(34-11-13-36-14-12-34)35-29(33-27)26(19-32-35)21(2)3/h15-19,21,24H,9-14,20H2,1-8H3. The molecule has 39 heavy (non-hydrogen) atoms. The van der Waals surface area contributed by atoms with Crippen molar-refractivity contribution in [3.8, 4) is 17.0 Å². The molecule has 9 heteroatoms. The van der Waals surface area contributed by atoms with E-state index in [-0.39, 0.29) is 11.1 Å². The molecule has 0 saturated carbocycles. The molecule has 0 spiro atoms. The third kappa shape index (κ3) is 6.96. The lowest BCUT2D eigenvalue weighted by Gasteiger charge is -2.39. The molecule has 0 amide bonds. The number of halogens is 1. The van der Waals surface area contributed by atoms with Gasteiger partial charge in [0.05, 0.1) is 31.2 Å². The molecule has 4 rings (SSSR count). The summed E-state index contributed by atoms with van der Waals surface area (Å²) in [5.74, 6) is 2.04. The zero-order valence-corrected chi connectivity index (χ0v) is 26.6. The number of morpholine rings is 1. The molecule has 7 nitrogen and oxygen atoms in total. The Bertz CT molecular complexity index is 1270. The Morgan fingerprint density at radius 1 is 1.10 bits per heavy atom. The van der Waals surface area contributed by atoms with Gasteiger partial charge in [-0.15, -0.1) is 0 Å². The Labute approximate surface area is 239 Å². The highest BCUT2D eigenvalue weighted by molar-refractivity contribution is 6.74. The van der Waals surface area contributed by atoms with Crippen molar-refractivity contribution in [2.75, 3.05) is 37.8 Å². The van der Waals surface area contributed by atoms with Crippen LogP contribution in [0.3, 0.4) is 0 Å². The van der Waals surface area contributed by atoms with Gasteiger partial charge in [0.2, 0.25) is 0 Å². The van der Waals surface area contributed by atoms with Crippen LogP contribution in [-0.2, 0) is 9.16 Å². The maximum atomic E-state index is 6.71. The van der Waals surface area contributed by atoms with E-state index in [1.807, 2.05) is 28.9 Å². The summed E-state index contributed by atoms with van der Waals surface area (Å²) >= 11 is 6.63. The number of anilines is 1. The van der Waals surface area contributed by atoms with E-state index in [1.54, 1.807) is 0 Å². The molecule has 1 saturated heterocycles. The minimum Gasteiger partial charge on any atom is -0.491 e. The summed E-state index contributed by atoms with van der Waals surface area (Å²) in [5, 5.41) is 5.47. The topological polar surface area (TPSA) is 61.1 Å². The normalized spacial score (nSPS) is 15.8. The largest absolute Gasteiger partial charge is 0.491 e. The van der Waals surface area contributed by atoms with E-state index in [4.69, 9.17) is 35.6 Å². The van der Waals surface area contributed by atoms with Crippen molar-refractivity contribution in [1.82, 2.24) is 14.6 Å². The van der Waals surface area contributed by atoms with Gasteiger partial charge in [0.25, 0.3) is 0 Å². The molecular formula is C30H45ClN4O3Si. The molecule has 0 bridgehead atoms. The summed E-state index contributed by atoms with van der Waals surface area (Å²) in [6, 6.07) is 7.97. The van der Waals surface area contributed by atoms with E-state index in [0.717, 1.165) is 60.0 Å². The quantitative estimate of drug-likeness (QED) is 0.233. The van der Waals surface area contributed by atoms with Gasteiger partial charge in [-0.2, -0.15) is 9.61 Å². The first kappa shape index (κ1) is 29.8. The number of hydrogen-bond acceptors (Lipinski definition) is 6. The van der Waals surface area contributed by atoms with Crippen LogP contribution >= 0.6 is 11.6 Å². The molecule has 3 aromatic rings. The third-order valence-corrected chi connectivity index (χ3v) is 12.7. The second kappa shape index (κ2) is 12.2. The van der Waals surface area contributed by atoms with Gasteiger partial charge in [0, 0.05) is 35.3 Å². The molecule has 1 atom stereocenters. The van der Waals surface area contributed by atoms with Gasteiger partial charge in [-0.05, 0) is 48.7 Å². The number of rotatable bonds is 10. The Balaban J connectivity index is 1.66. The van der Waals surface area contributed by atoms with E-state index in [2.05, 4.69) is 65.6 Å². The van der Waals surface area contributed by atoms with Crippen molar-refractivity contribution in [2.24, 2.45) is 0 Å². The summed E-state index contributed by atoms with van der Waals surface area (Å²) in [5.41, 5.74) is 3.76. The fourth-order valence-electron chi connectivity index (χ4n) is 4.61. The molecule has 214 valence electrons. The van der Waals surface area contributed by atoms with E-state index in [1.165, 1.54) is 0 Å². The van der Waals surface area contributed by atoms with Crippen molar-refractivity contribution in [3.63, 3.8) is 0 Å². The van der Waals surface area contributed by atoms with Gasteiger partial charge in [-0.1, -0.05) is 59.6 Å². The SMILES string of the molecule is CCCC(COc1cc(Cl)cc(-c2cc(N3CCOCC3)n3ncc(C(C)C)c3n2)c1)O[Si](C)(C)C(C)(C)C. The number of benzene rings is 1. The highest BCUT2D eigenvalue weighted by atomic mass is 35.5. The second-order valence-corrected chi connectivity index (χ2v) is 17.6. The lowest BCUT2D eigenvalue weighted by atomic mass is 10.1. The lowest BCUT2D eigenvalue weighted by Crippen LogP contribution is -2.45. The molecule has 3 heterocycles. The highest BCUT2D eigenvalue weighted by Crippen LogP contribution is 2.38. The van der Waals surface area contributed by atoms with Gasteiger partial charge in [-0.25, -0.2) is 4.98 Å². The molecule has 0 N–H and O–H groups in total. The van der Waals surface area contributed by atoms with E-state index in [0.29, 0.717) is 30.8 Å². The smallest absolute Gasteiger partial charge is 0.192 e. The molecule has 1 aromatic carbocycles. The lowest BCUT2D eigenvalue weighted by molar-refractivity contribution is 0.107. The number of nitrogens with zero attached hydrogens (tertiary/aromatic N) is 4. The predicted octanol–water partition coefficient (Wildman–Crippen LogP) is 7.58. The Morgan fingerprint density at radius 3 is 2.46 bits per heavy atom. The third-order valence-electron chi connectivity index (χ3n) is 7.92. The van der Waals surface area contributed by atoms with Crippen LogP contribution in [0.2, 0.25) is 23.2 Å². The molecule has 1 aliphatic heterocycles. The van der Waals surface area contributed by atoms with Crippen LogP contribution in [-0.4, -0.2) is 61.9 Å². The summed E-state index contributed by atoms with van der Waals surface area (Å²) in [7, 11) is -1.91. The molecule has 0 aliphatic carbocycles. The maximum absolute atomic E-state index is 6.71. The Kier molecular flexibility index (Phi) is 9.31. The fraction of sp³-hybridized carbons (Fsp3) is 0.600. The minimum absolute atomic E-state index is 0.0427. The molecule has 1 aliphatic rings. The Hall–Kier alpha value is -2.13. The van der Waals surface area contributed by atoms with E-state index in [9.17, 15) is 0 Å². The summed E-state index contributed by atoms with van der Waals surface area (Å²) in [6.07, 6.45) is 3.98. The van der Waals surface area contributed by atoms with Gasteiger partial charge in [-0.3, -0.25) is 0 Å². The number of hydrogen-bond donors (Lipinski definition) is 0. The van der Waals surface area contributed by atoms with Crippen molar-refractivity contribution >= 4 is 31.4 Å². The van der Waals surface area contributed by atoms with Gasteiger partial charge >= 0.3 is 0 Å². The van der Waals surface area contributed by atoms with E-state index < -0.39 is 8.32 Å².